The van der Waals surface area contributed by atoms with Crippen LogP contribution in [0.3, 0.4) is 0 Å². The maximum atomic E-state index is 11.9. The third-order valence-electron chi connectivity index (χ3n) is 7.59. The molecular weight excluding hydrogens is 536 g/mol. The quantitative estimate of drug-likeness (QED) is 0.199. The number of rotatable bonds is 7. The van der Waals surface area contributed by atoms with Crippen molar-refractivity contribution in [1.82, 2.24) is 4.90 Å². The fourth-order valence-electron chi connectivity index (χ4n) is 5.88. The molecule has 1 fully saturated rings. The molecule has 0 amide bonds. The third kappa shape index (κ3) is 4.29. The van der Waals surface area contributed by atoms with Crippen LogP contribution in [-0.4, -0.2) is 40.1 Å². The Hall–Kier alpha value is -3.25. The molecule has 0 aromatic heterocycles. The number of ether oxygens (including phenoxy) is 1. The summed E-state index contributed by atoms with van der Waals surface area (Å²) in [6, 6.07) is 39.2. The van der Waals surface area contributed by atoms with Gasteiger partial charge in [-0.1, -0.05) is 119 Å². The molecule has 0 radical (unpaired) electrons. The molecule has 1 N–H and O–H groups in total. The summed E-state index contributed by atoms with van der Waals surface area (Å²) in [5.74, 6) is 0.698. The Morgan fingerprint density at radius 1 is 0.816 bits per heavy atom. The van der Waals surface area contributed by atoms with Gasteiger partial charge in [-0.3, -0.25) is 4.90 Å². The fourth-order valence-corrected chi connectivity index (χ4v) is 6.14. The molecule has 192 valence electrons. The van der Waals surface area contributed by atoms with Gasteiger partial charge in [0.05, 0.1) is 23.2 Å². The normalized spacial score (nSPS) is 22.8. The van der Waals surface area contributed by atoms with Gasteiger partial charge in [0.1, 0.15) is 12.6 Å². The van der Waals surface area contributed by atoms with Crippen LogP contribution >= 0.6 is 15.9 Å². The van der Waals surface area contributed by atoms with Crippen LogP contribution in [0.25, 0.3) is 0 Å². The number of aliphatic imine (C=N–C) groups is 1. The molecule has 4 aromatic carbocycles. The Bertz CT molecular complexity index is 1330. The number of nitrogens with zero attached hydrogens (tertiary/aromatic N) is 2. The van der Waals surface area contributed by atoms with Gasteiger partial charge in [0.15, 0.2) is 0 Å². The van der Waals surface area contributed by atoms with E-state index in [1.54, 1.807) is 0 Å². The monoisotopic (exact) mass is 566 g/mol. The van der Waals surface area contributed by atoms with Crippen LogP contribution in [0.4, 0.5) is 0 Å². The average molecular weight is 568 g/mol. The van der Waals surface area contributed by atoms with Crippen LogP contribution in [0.1, 0.15) is 42.2 Å². The average Bonchev–Trinajstić information content (AvgIpc) is 3.58. The first-order chi connectivity index (χ1) is 18.4. The summed E-state index contributed by atoms with van der Waals surface area (Å²) in [7, 11) is 0. The van der Waals surface area contributed by atoms with Gasteiger partial charge >= 0.3 is 0 Å². The molecule has 6 rings (SSSR count). The zero-order chi connectivity index (χ0) is 26.3. The molecule has 2 aliphatic heterocycles. The number of hydrogen-bond acceptors (Lipinski definition) is 4. The Kier molecular flexibility index (Phi) is 6.47. The molecule has 4 atom stereocenters. The minimum Gasteiger partial charge on any atom is -0.477 e. The summed E-state index contributed by atoms with van der Waals surface area (Å²) in [6.07, 6.45) is -0.737. The van der Waals surface area contributed by atoms with Gasteiger partial charge in [0.2, 0.25) is 5.90 Å². The molecule has 2 heterocycles. The largest absolute Gasteiger partial charge is 0.477 e. The van der Waals surface area contributed by atoms with Crippen molar-refractivity contribution in [3.8, 4) is 0 Å². The lowest BCUT2D eigenvalue weighted by atomic mass is 9.76. The van der Waals surface area contributed by atoms with Gasteiger partial charge in [-0.2, -0.15) is 0 Å². The zero-order valence-corrected chi connectivity index (χ0v) is 23.1. The van der Waals surface area contributed by atoms with E-state index in [-0.39, 0.29) is 17.6 Å². The van der Waals surface area contributed by atoms with Crippen molar-refractivity contribution < 1.29 is 9.84 Å². The van der Waals surface area contributed by atoms with Gasteiger partial charge in [0, 0.05) is 4.47 Å². The molecular formula is C33H31BrN2O2. The summed E-state index contributed by atoms with van der Waals surface area (Å²) in [5.41, 5.74) is 3.29. The van der Waals surface area contributed by atoms with Crippen molar-refractivity contribution in [3.05, 3.63) is 142 Å². The molecule has 5 heteroatoms. The minimum absolute atomic E-state index is 0.198. The SMILES string of the molecule is CC1(C)COC([C@@H]2[C@H]([C@H](O)c3ccc(Br)cc3)N2C(c2ccccc2)(c2ccccc2)c2ccccc2)=N1. The van der Waals surface area contributed by atoms with Crippen molar-refractivity contribution in [2.45, 2.75) is 43.1 Å². The molecule has 1 unspecified atom stereocenters. The number of hydrogen-bond donors (Lipinski definition) is 1. The second-order valence-electron chi connectivity index (χ2n) is 10.7. The van der Waals surface area contributed by atoms with Gasteiger partial charge in [-0.25, -0.2) is 4.99 Å². The highest BCUT2D eigenvalue weighted by atomic mass is 79.9. The Morgan fingerprint density at radius 2 is 1.29 bits per heavy atom. The molecule has 0 bridgehead atoms. The number of aliphatic hydroxyl groups excluding tert-OH is 1. The maximum Gasteiger partial charge on any atom is 0.203 e. The summed E-state index contributed by atoms with van der Waals surface area (Å²) >= 11 is 3.53. The van der Waals surface area contributed by atoms with Gasteiger partial charge in [-0.05, 0) is 48.2 Å². The Morgan fingerprint density at radius 3 is 1.71 bits per heavy atom. The first-order valence-electron chi connectivity index (χ1n) is 13.0. The zero-order valence-electron chi connectivity index (χ0n) is 21.5. The van der Waals surface area contributed by atoms with Crippen molar-refractivity contribution in [1.29, 1.82) is 0 Å². The van der Waals surface area contributed by atoms with Crippen molar-refractivity contribution in [2.75, 3.05) is 6.61 Å². The maximum absolute atomic E-state index is 11.9. The fraction of sp³-hybridized carbons (Fsp3) is 0.242. The van der Waals surface area contributed by atoms with E-state index in [9.17, 15) is 5.11 Å². The second kappa shape index (κ2) is 9.81. The predicted octanol–water partition coefficient (Wildman–Crippen LogP) is 6.73. The number of benzene rings is 4. The lowest BCUT2D eigenvalue weighted by Gasteiger charge is -2.39. The van der Waals surface area contributed by atoms with Crippen LogP contribution in [0.2, 0.25) is 0 Å². The Balaban J connectivity index is 1.59. The molecule has 38 heavy (non-hydrogen) atoms. The lowest BCUT2D eigenvalue weighted by Crippen LogP contribution is -2.41. The van der Waals surface area contributed by atoms with E-state index in [0.717, 1.165) is 26.7 Å². The highest BCUT2D eigenvalue weighted by Crippen LogP contribution is 2.55. The summed E-state index contributed by atoms with van der Waals surface area (Å²) in [4.78, 5) is 7.40. The molecule has 4 nitrogen and oxygen atoms in total. The number of aliphatic hydroxyl groups is 1. The van der Waals surface area contributed by atoms with Crippen molar-refractivity contribution in [2.24, 2.45) is 4.99 Å². The van der Waals surface area contributed by atoms with Crippen LogP contribution in [0.5, 0.6) is 0 Å². The lowest BCUT2D eigenvalue weighted by molar-refractivity contribution is 0.142. The summed E-state index contributed by atoms with van der Waals surface area (Å²) in [5, 5.41) is 11.9. The number of halogens is 1. The van der Waals surface area contributed by atoms with Crippen LogP contribution < -0.4 is 0 Å². The van der Waals surface area contributed by atoms with Crippen molar-refractivity contribution in [3.63, 3.8) is 0 Å². The Labute approximate surface area is 232 Å². The van der Waals surface area contributed by atoms with E-state index in [4.69, 9.17) is 9.73 Å². The van der Waals surface area contributed by atoms with Gasteiger partial charge in [-0.15, -0.1) is 0 Å². The van der Waals surface area contributed by atoms with E-state index in [0.29, 0.717) is 12.5 Å². The summed E-state index contributed by atoms with van der Waals surface area (Å²) < 4.78 is 7.23. The third-order valence-corrected chi connectivity index (χ3v) is 8.12. The highest BCUT2D eigenvalue weighted by Gasteiger charge is 2.66. The minimum atomic E-state index is -0.737. The van der Waals surface area contributed by atoms with Crippen LogP contribution in [0, 0.1) is 0 Å². The molecule has 1 saturated heterocycles. The van der Waals surface area contributed by atoms with Crippen LogP contribution in [-0.2, 0) is 10.3 Å². The molecule has 0 saturated carbocycles. The van der Waals surface area contributed by atoms with Crippen LogP contribution in [0.15, 0.2) is 125 Å². The van der Waals surface area contributed by atoms with E-state index < -0.39 is 11.6 Å². The summed E-state index contributed by atoms with van der Waals surface area (Å²) in [6.45, 7) is 4.71. The molecule has 2 aliphatic rings. The van der Waals surface area contributed by atoms with E-state index in [1.807, 2.05) is 42.5 Å². The molecule has 4 aromatic rings. The predicted molar refractivity (Wildman–Crippen MR) is 155 cm³/mol. The highest BCUT2D eigenvalue weighted by molar-refractivity contribution is 9.10. The molecule has 0 spiro atoms. The van der Waals surface area contributed by atoms with Crippen molar-refractivity contribution >= 4 is 21.8 Å². The molecule has 0 aliphatic carbocycles. The van der Waals surface area contributed by atoms with Gasteiger partial charge < -0.3 is 9.84 Å². The standard InChI is InChI=1S/C33H31BrN2O2/c1-32(2)22-38-31(35-32)29-28(30(37)23-18-20-27(34)21-19-23)36(29)33(24-12-6-3-7-13-24,25-14-8-4-9-15-25)26-16-10-5-11-17-26/h3-21,28-30,37H,22H2,1-2H3/t28-,29+,30-,36?/m1/s1. The second-order valence-corrected chi connectivity index (χ2v) is 11.6. The first-order valence-corrected chi connectivity index (χ1v) is 13.8. The van der Waals surface area contributed by atoms with E-state index in [1.165, 1.54) is 0 Å². The van der Waals surface area contributed by atoms with E-state index in [2.05, 4.69) is 107 Å². The van der Waals surface area contributed by atoms with Gasteiger partial charge in [0.25, 0.3) is 0 Å². The van der Waals surface area contributed by atoms with E-state index >= 15 is 0 Å². The first kappa shape index (κ1) is 25.1. The smallest absolute Gasteiger partial charge is 0.203 e. The topological polar surface area (TPSA) is 44.8 Å².